The lowest BCUT2D eigenvalue weighted by Crippen LogP contribution is -2.43. The molecule has 1 aliphatic rings. The largest absolute Gasteiger partial charge is 0.435 e. The number of amides is 1. The van der Waals surface area contributed by atoms with Gasteiger partial charge in [0.05, 0.1) is 5.75 Å². The first kappa shape index (κ1) is 20.6. The maximum Gasteiger partial charge on any atom is 0.387 e. The van der Waals surface area contributed by atoms with Crippen LogP contribution in [0.1, 0.15) is 25.3 Å². The van der Waals surface area contributed by atoms with Gasteiger partial charge >= 0.3 is 6.61 Å². The van der Waals surface area contributed by atoms with E-state index in [2.05, 4.69) is 10.1 Å². The number of hydrogen-bond acceptors (Lipinski definition) is 4. The summed E-state index contributed by atoms with van der Waals surface area (Å²) < 4.78 is 53.5. The summed E-state index contributed by atoms with van der Waals surface area (Å²) in [5, 5.41) is 2.86. The van der Waals surface area contributed by atoms with Crippen molar-refractivity contribution in [2.45, 2.75) is 32.8 Å². The number of nitrogens with one attached hydrogen (secondary N) is 1. The van der Waals surface area contributed by atoms with Crippen molar-refractivity contribution in [3.8, 4) is 5.75 Å². The molecule has 1 fully saturated rings. The molecular weight excluding hydrogens is 366 g/mol. The first-order chi connectivity index (χ1) is 12.3. The Balaban J connectivity index is 1.72. The number of alkyl halides is 2. The van der Waals surface area contributed by atoms with Crippen LogP contribution in [-0.2, 0) is 21.2 Å². The zero-order valence-corrected chi connectivity index (χ0v) is 15.5. The molecule has 6 nitrogen and oxygen atoms in total. The van der Waals surface area contributed by atoms with Crippen molar-refractivity contribution in [2.75, 3.05) is 25.4 Å². The molecule has 0 bridgehead atoms. The molecule has 0 unspecified atom stereocenters. The Morgan fingerprint density at radius 3 is 2.42 bits per heavy atom. The van der Waals surface area contributed by atoms with E-state index in [9.17, 15) is 22.0 Å². The summed E-state index contributed by atoms with van der Waals surface area (Å²) in [4.78, 5) is 12.2. The van der Waals surface area contributed by atoms with Gasteiger partial charge in [-0.2, -0.15) is 8.78 Å². The van der Waals surface area contributed by atoms with Crippen LogP contribution in [0.2, 0.25) is 0 Å². The number of benzene rings is 1. The predicted molar refractivity (Wildman–Crippen MR) is 93.5 cm³/mol. The molecule has 0 aromatic heterocycles. The topological polar surface area (TPSA) is 75.7 Å². The normalized spacial score (nSPS) is 16.6. The van der Waals surface area contributed by atoms with Crippen molar-refractivity contribution in [3.63, 3.8) is 0 Å². The number of nitrogens with zero attached hydrogens (tertiary/aromatic N) is 1. The molecule has 26 heavy (non-hydrogen) atoms. The second kappa shape index (κ2) is 9.27. The number of carbonyl (C=O) groups is 1. The lowest BCUT2D eigenvalue weighted by molar-refractivity contribution is -0.126. The minimum atomic E-state index is -3.19. The van der Waals surface area contributed by atoms with Gasteiger partial charge in [-0.25, -0.2) is 12.7 Å². The van der Waals surface area contributed by atoms with Gasteiger partial charge in [-0.1, -0.05) is 12.1 Å². The summed E-state index contributed by atoms with van der Waals surface area (Å²) in [7, 11) is -3.19. The zero-order chi connectivity index (χ0) is 19.2. The fourth-order valence-corrected chi connectivity index (χ4v) is 4.02. The van der Waals surface area contributed by atoms with E-state index >= 15 is 0 Å². The fraction of sp³-hybridized carbons (Fsp3) is 0.588. The molecule has 9 heteroatoms. The molecular formula is C17H24F2N2O4S. The van der Waals surface area contributed by atoms with Crippen molar-refractivity contribution in [2.24, 2.45) is 5.92 Å². The number of sulfonamides is 1. The van der Waals surface area contributed by atoms with E-state index in [-0.39, 0.29) is 23.3 Å². The minimum absolute atomic E-state index is 0.0730. The van der Waals surface area contributed by atoms with Gasteiger partial charge in [0, 0.05) is 25.6 Å². The Morgan fingerprint density at radius 1 is 1.27 bits per heavy atom. The van der Waals surface area contributed by atoms with Crippen LogP contribution in [0.15, 0.2) is 24.3 Å². The Bertz CT molecular complexity index is 687. The number of ether oxygens (including phenoxy) is 1. The second-order valence-corrected chi connectivity index (χ2v) is 8.39. The summed E-state index contributed by atoms with van der Waals surface area (Å²) >= 11 is 0. The van der Waals surface area contributed by atoms with Gasteiger partial charge < -0.3 is 10.1 Å². The van der Waals surface area contributed by atoms with Crippen LogP contribution in [0.3, 0.4) is 0 Å². The van der Waals surface area contributed by atoms with E-state index in [1.807, 2.05) is 0 Å². The van der Waals surface area contributed by atoms with Crippen molar-refractivity contribution >= 4 is 15.9 Å². The van der Waals surface area contributed by atoms with Crippen LogP contribution in [0.5, 0.6) is 5.75 Å². The van der Waals surface area contributed by atoms with Crippen LogP contribution in [0.25, 0.3) is 0 Å². The summed E-state index contributed by atoms with van der Waals surface area (Å²) in [5.74, 6) is -0.0803. The minimum Gasteiger partial charge on any atom is -0.435 e. The lowest BCUT2D eigenvalue weighted by atomic mass is 9.97. The van der Waals surface area contributed by atoms with E-state index in [0.29, 0.717) is 38.9 Å². The molecule has 1 N–H and O–H groups in total. The quantitative estimate of drug-likeness (QED) is 0.737. The van der Waals surface area contributed by atoms with E-state index < -0.39 is 16.6 Å². The molecule has 1 heterocycles. The van der Waals surface area contributed by atoms with Crippen LogP contribution < -0.4 is 10.1 Å². The van der Waals surface area contributed by atoms with Gasteiger partial charge in [0.2, 0.25) is 15.9 Å². The average Bonchev–Trinajstić information content (AvgIpc) is 2.62. The van der Waals surface area contributed by atoms with Crippen LogP contribution >= 0.6 is 0 Å². The predicted octanol–water partition coefficient (Wildman–Crippen LogP) is 2.01. The van der Waals surface area contributed by atoms with Crippen LogP contribution in [-0.4, -0.2) is 50.6 Å². The van der Waals surface area contributed by atoms with Gasteiger partial charge in [0.25, 0.3) is 0 Å². The van der Waals surface area contributed by atoms with E-state index in [1.165, 1.54) is 16.4 Å². The van der Waals surface area contributed by atoms with E-state index in [1.54, 1.807) is 19.1 Å². The van der Waals surface area contributed by atoms with Crippen LogP contribution in [0.4, 0.5) is 8.78 Å². The standard InChI is InChI=1S/C17H24F2N2O4S/c1-2-26(23,24)21-11-8-14(9-12-21)16(22)20-10-7-13-3-5-15(6-4-13)25-17(18)19/h3-6,14,17H,2,7-12H2,1H3,(H,20,22). The molecule has 0 atom stereocenters. The molecule has 1 amide bonds. The molecule has 1 saturated heterocycles. The van der Waals surface area contributed by atoms with Gasteiger partial charge in [-0.3, -0.25) is 4.79 Å². The summed E-state index contributed by atoms with van der Waals surface area (Å²) in [6.07, 6.45) is 1.61. The molecule has 1 aliphatic heterocycles. The van der Waals surface area contributed by atoms with Crippen molar-refractivity contribution in [1.29, 1.82) is 0 Å². The number of rotatable bonds is 8. The Kier molecular flexibility index (Phi) is 7.33. The smallest absolute Gasteiger partial charge is 0.387 e. The number of piperidine rings is 1. The number of halogens is 2. The maximum absolute atomic E-state index is 12.2. The Morgan fingerprint density at radius 2 is 1.88 bits per heavy atom. The first-order valence-electron chi connectivity index (χ1n) is 8.61. The van der Waals surface area contributed by atoms with Crippen molar-refractivity contribution < 1.29 is 26.7 Å². The maximum atomic E-state index is 12.2. The van der Waals surface area contributed by atoms with Gasteiger partial charge in [-0.15, -0.1) is 0 Å². The van der Waals surface area contributed by atoms with Crippen molar-refractivity contribution in [3.05, 3.63) is 29.8 Å². The van der Waals surface area contributed by atoms with Crippen LogP contribution in [0, 0.1) is 5.92 Å². The summed E-state index contributed by atoms with van der Waals surface area (Å²) in [5.41, 5.74) is 0.899. The SMILES string of the molecule is CCS(=O)(=O)N1CCC(C(=O)NCCc2ccc(OC(F)F)cc2)CC1. The Labute approximate surface area is 152 Å². The van der Waals surface area contributed by atoms with Gasteiger partial charge in [0.1, 0.15) is 5.75 Å². The van der Waals surface area contributed by atoms with E-state index in [0.717, 1.165) is 5.56 Å². The molecule has 1 aromatic rings. The highest BCUT2D eigenvalue weighted by molar-refractivity contribution is 7.89. The second-order valence-electron chi connectivity index (χ2n) is 6.14. The number of carbonyl (C=O) groups excluding carboxylic acids is 1. The third-order valence-electron chi connectivity index (χ3n) is 4.44. The van der Waals surface area contributed by atoms with E-state index in [4.69, 9.17) is 0 Å². The highest BCUT2D eigenvalue weighted by Gasteiger charge is 2.29. The third-order valence-corrected chi connectivity index (χ3v) is 6.33. The monoisotopic (exact) mass is 390 g/mol. The molecule has 0 radical (unpaired) electrons. The fourth-order valence-electron chi connectivity index (χ4n) is 2.89. The van der Waals surface area contributed by atoms with Crippen molar-refractivity contribution in [1.82, 2.24) is 9.62 Å². The highest BCUT2D eigenvalue weighted by atomic mass is 32.2. The molecule has 0 saturated carbocycles. The van der Waals surface area contributed by atoms with Gasteiger partial charge in [0.15, 0.2) is 0 Å². The first-order valence-corrected chi connectivity index (χ1v) is 10.2. The third kappa shape index (κ3) is 5.91. The molecule has 1 aromatic carbocycles. The molecule has 0 spiro atoms. The molecule has 2 rings (SSSR count). The molecule has 0 aliphatic carbocycles. The molecule has 146 valence electrons. The summed E-state index contributed by atoms with van der Waals surface area (Å²) in [6, 6.07) is 6.29. The number of hydrogen-bond donors (Lipinski definition) is 1. The van der Waals surface area contributed by atoms with Gasteiger partial charge in [-0.05, 0) is 43.9 Å². The summed E-state index contributed by atoms with van der Waals surface area (Å²) in [6.45, 7) is -0.0552. The zero-order valence-electron chi connectivity index (χ0n) is 14.7. The Hall–Kier alpha value is -1.74. The highest BCUT2D eigenvalue weighted by Crippen LogP contribution is 2.20. The average molecular weight is 390 g/mol. The lowest BCUT2D eigenvalue weighted by Gasteiger charge is -2.30.